The topological polar surface area (TPSA) is 47.3 Å². The zero-order valence-corrected chi connectivity index (χ0v) is 10.7. The molecule has 18 heavy (non-hydrogen) atoms. The van der Waals surface area contributed by atoms with Crippen molar-refractivity contribution in [1.82, 2.24) is 4.98 Å². The highest BCUT2D eigenvalue weighted by molar-refractivity contribution is 6.29. The summed E-state index contributed by atoms with van der Waals surface area (Å²) in [5, 5.41) is 3.75. The van der Waals surface area contributed by atoms with Gasteiger partial charge in [-0.25, -0.2) is 4.98 Å². The van der Waals surface area contributed by atoms with Crippen molar-refractivity contribution in [2.75, 3.05) is 18.5 Å². The van der Waals surface area contributed by atoms with E-state index in [2.05, 4.69) is 10.3 Å². The highest BCUT2D eigenvalue weighted by Crippen LogP contribution is 2.11. The summed E-state index contributed by atoms with van der Waals surface area (Å²) in [6, 6.07) is 7.44. The normalized spacial score (nSPS) is 10.5. The Kier molecular flexibility index (Phi) is 5.05. The molecule has 0 radical (unpaired) electrons. The van der Waals surface area contributed by atoms with E-state index in [0.29, 0.717) is 18.4 Å². The number of rotatable bonds is 7. The molecular formula is C13H15ClN2O2. The van der Waals surface area contributed by atoms with Crippen LogP contribution in [0.1, 0.15) is 12.2 Å². The van der Waals surface area contributed by atoms with E-state index in [0.717, 1.165) is 24.4 Å². The van der Waals surface area contributed by atoms with E-state index in [1.165, 1.54) is 0 Å². The minimum atomic E-state index is 0.495. The molecule has 0 spiro atoms. The molecule has 0 aromatic carbocycles. The van der Waals surface area contributed by atoms with Gasteiger partial charge < -0.3 is 14.5 Å². The fraction of sp³-hybridized carbons (Fsp3) is 0.308. The molecule has 1 N–H and O–H groups in total. The second-order valence-electron chi connectivity index (χ2n) is 3.78. The summed E-state index contributed by atoms with van der Waals surface area (Å²) in [7, 11) is 0. The van der Waals surface area contributed by atoms with Gasteiger partial charge in [-0.15, -0.1) is 0 Å². The number of hydrogen-bond acceptors (Lipinski definition) is 4. The first-order chi connectivity index (χ1) is 8.84. The Hall–Kier alpha value is -1.52. The van der Waals surface area contributed by atoms with Gasteiger partial charge in [0.25, 0.3) is 0 Å². The van der Waals surface area contributed by atoms with Gasteiger partial charge >= 0.3 is 0 Å². The van der Waals surface area contributed by atoms with Gasteiger partial charge in [0.15, 0.2) is 0 Å². The molecule has 0 aliphatic heterocycles. The Morgan fingerprint density at radius 3 is 3.11 bits per heavy atom. The molecule has 96 valence electrons. The Morgan fingerprint density at radius 2 is 2.33 bits per heavy atom. The van der Waals surface area contributed by atoms with Crippen LogP contribution in [0.5, 0.6) is 0 Å². The lowest BCUT2D eigenvalue weighted by Crippen LogP contribution is -2.05. The zero-order valence-electron chi connectivity index (χ0n) is 9.93. The minimum absolute atomic E-state index is 0.495. The van der Waals surface area contributed by atoms with Crippen molar-refractivity contribution in [3.8, 4) is 0 Å². The fourth-order valence-electron chi connectivity index (χ4n) is 1.49. The largest absolute Gasteiger partial charge is 0.467 e. The minimum Gasteiger partial charge on any atom is -0.467 e. The first-order valence-corrected chi connectivity index (χ1v) is 6.18. The number of hydrogen-bond donors (Lipinski definition) is 1. The molecule has 2 heterocycles. The second-order valence-corrected chi connectivity index (χ2v) is 4.17. The van der Waals surface area contributed by atoms with Crippen LogP contribution in [-0.2, 0) is 11.3 Å². The zero-order chi connectivity index (χ0) is 12.6. The van der Waals surface area contributed by atoms with Crippen molar-refractivity contribution >= 4 is 17.3 Å². The van der Waals surface area contributed by atoms with Crippen LogP contribution in [0.3, 0.4) is 0 Å². The molecular weight excluding hydrogens is 252 g/mol. The molecule has 4 nitrogen and oxygen atoms in total. The molecule has 0 aliphatic rings. The number of ether oxygens (including phenoxy) is 1. The van der Waals surface area contributed by atoms with E-state index in [1.54, 1.807) is 18.5 Å². The van der Waals surface area contributed by atoms with Crippen molar-refractivity contribution in [3.63, 3.8) is 0 Å². The van der Waals surface area contributed by atoms with Crippen LogP contribution in [0.15, 0.2) is 41.1 Å². The molecule has 0 atom stereocenters. The number of anilines is 1. The van der Waals surface area contributed by atoms with Crippen LogP contribution in [0.2, 0.25) is 5.15 Å². The number of halogens is 1. The molecule has 0 unspecified atom stereocenters. The third-order valence-electron chi connectivity index (χ3n) is 2.35. The van der Waals surface area contributed by atoms with Crippen LogP contribution >= 0.6 is 11.6 Å². The Balaban J connectivity index is 1.56. The van der Waals surface area contributed by atoms with Gasteiger partial charge in [-0.3, -0.25) is 0 Å². The molecule has 0 fully saturated rings. The van der Waals surface area contributed by atoms with Gasteiger partial charge in [-0.05, 0) is 30.7 Å². The van der Waals surface area contributed by atoms with Gasteiger partial charge in [0.1, 0.15) is 17.5 Å². The Labute approximate surface area is 111 Å². The van der Waals surface area contributed by atoms with Crippen LogP contribution < -0.4 is 5.32 Å². The lowest BCUT2D eigenvalue weighted by atomic mass is 10.4. The Morgan fingerprint density at radius 1 is 1.39 bits per heavy atom. The first kappa shape index (κ1) is 12.9. The van der Waals surface area contributed by atoms with Crippen molar-refractivity contribution in [1.29, 1.82) is 0 Å². The quantitative estimate of drug-likeness (QED) is 0.617. The monoisotopic (exact) mass is 266 g/mol. The molecule has 0 saturated carbocycles. The van der Waals surface area contributed by atoms with E-state index < -0.39 is 0 Å². The maximum absolute atomic E-state index is 5.78. The van der Waals surface area contributed by atoms with Crippen molar-refractivity contribution < 1.29 is 9.15 Å². The average molecular weight is 267 g/mol. The SMILES string of the molecule is Clc1cc(NCCCOCc2ccco2)ccn1. The fourth-order valence-corrected chi connectivity index (χ4v) is 1.66. The van der Waals surface area contributed by atoms with Crippen LogP contribution in [0.25, 0.3) is 0 Å². The first-order valence-electron chi connectivity index (χ1n) is 5.80. The average Bonchev–Trinajstić information content (AvgIpc) is 2.87. The maximum Gasteiger partial charge on any atom is 0.131 e. The van der Waals surface area contributed by atoms with Gasteiger partial charge in [-0.1, -0.05) is 11.6 Å². The summed E-state index contributed by atoms with van der Waals surface area (Å²) in [5.41, 5.74) is 0.973. The smallest absolute Gasteiger partial charge is 0.131 e. The predicted octanol–water partition coefficient (Wildman–Crippen LogP) is 3.35. The number of furan rings is 1. The third-order valence-corrected chi connectivity index (χ3v) is 2.55. The van der Waals surface area contributed by atoms with E-state index in [1.807, 2.05) is 18.2 Å². The molecule has 0 amide bonds. The van der Waals surface area contributed by atoms with Gasteiger partial charge in [0, 0.05) is 25.0 Å². The molecule has 0 saturated heterocycles. The molecule has 5 heteroatoms. The number of pyridine rings is 1. The van der Waals surface area contributed by atoms with Crippen molar-refractivity contribution in [2.45, 2.75) is 13.0 Å². The predicted molar refractivity (Wildman–Crippen MR) is 70.7 cm³/mol. The van der Waals surface area contributed by atoms with E-state index in [9.17, 15) is 0 Å². The van der Waals surface area contributed by atoms with Gasteiger partial charge in [0.2, 0.25) is 0 Å². The van der Waals surface area contributed by atoms with E-state index in [4.69, 9.17) is 20.8 Å². The summed E-state index contributed by atoms with van der Waals surface area (Å²) >= 11 is 5.78. The summed E-state index contributed by atoms with van der Waals surface area (Å²) < 4.78 is 10.6. The van der Waals surface area contributed by atoms with Crippen LogP contribution in [0, 0.1) is 0 Å². The van der Waals surface area contributed by atoms with Crippen LogP contribution in [0.4, 0.5) is 5.69 Å². The molecule has 2 rings (SSSR count). The Bertz CT molecular complexity index is 460. The number of aromatic nitrogens is 1. The lowest BCUT2D eigenvalue weighted by Gasteiger charge is -2.06. The maximum atomic E-state index is 5.78. The summed E-state index contributed by atoms with van der Waals surface area (Å²) in [6.07, 6.45) is 4.24. The van der Waals surface area contributed by atoms with E-state index in [-0.39, 0.29) is 0 Å². The standard InChI is InChI=1S/C13H15ClN2O2/c14-13-9-11(4-6-16-13)15-5-2-7-17-10-12-3-1-8-18-12/h1,3-4,6,8-9H,2,5,7,10H2,(H,15,16). The van der Waals surface area contributed by atoms with Gasteiger partial charge in [0.05, 0.1) is 6.26 Å². The summed E-state index contributed by atoms with van der Waals surface area (Å²) in [5.74, 6) is 0.851. The molecule has 2 aromatic rings. The van der Waals surface area contributed by atoms with Crippen molar-refractivity contribution in [2.24, 2.45) is 0 Å². The molecule has 0 bridgehead atoms. The van der Waals surface area contributed by atoms with Gasteiger partial charge in [-0.2, -0.15) is 0 Å². The molecule has 0 aliphatic carbocycles. The summed E-state index contributed by atoms with van der Waals surface area (Å²) in [6.45, 7) is 2.04. The third kappa shape index (κ3) is 4.39. The lowest BCUT2D eigenvalue weighted by molar-refractivity contribution is 0.106. The van der Waals surface area contributed by atoms with Crippen molar-refractivity contribution in [3.05, 3.63) is 47.6 Å². The highest BCUT2D eigenvalue weighted by atomic mass is 35.5. The summed E-state index contributed by atoms with van der Waals surface area (Å²) in [4.78, 5) is 3.92. The highest BCUT2D eigenvalue weighted by Gasteiger charge is 1.96. The number of nitrogens with one attached hydrogen (secondary N) is 1. The van der Waals surface area contributed by atoms with E-state index >= 15 is 0 Å². The number of nitrogens with zero attached hydrogens (tertiary/aromatic N) is 1. The molecule has 2 aromatic heterocycles. The van der Waals surface area contributed by atoms with Crippen LogP contribution in [-0.4, -0.2) is 18.1 Å². The second kappa shape index (κ2) is 7.03.